The van der Waals surface area contributed by atoms with Gasteiger partial charge in [-0.05, 0) is 18.9 Å². The zero-order valence-electron chi connectivity index (χ0n) is 11.0. The first-order chi connectivity index (χ1) is 8.83. The maximum Gasteiger partial charge on any atom is 0.253 e. The zero-order valence-corrected chi connectivity index (χ0v) is 11.0. The Labute approximate surface area is 110 Å². The smallest absolute Gasteiger partial charge is 0.253 e. The summed E-state index contributed by atoms with van der Waals surface area (Å²) in [6, 6.07) is 1.51. The lowest BCUT2D eigenvalue weighted by Gasteiger charge is -2.25. The van der Waals surface area contributed by atoms with E-state index in [1.165, 1.54) is 0 Å². The van der Waals surface area contributed by atoms with Gasteiger partial charge >= 0.3 is 0 Å². The molecular formula is C13H18F2N2O2. The molecule has 1 aromatic carbocycles. The van der Waals surface area contributed by atoms with E-state index in [9.17, 15) is 18.7 Å². The Kier molecular flexibility index (Phi) is 4.83. The number of anilines is 1. The predicted octanol–water partition coefficient (Wildman–Crippen LogP) is 1.83. The zero-order chi connectivity index (χ0) is 14.6. The summed E-state index contributed by atoms with van der Waals surface area (Å²) in [4.78, 5) is 11.8. The Morgan fingerprint density at radius 2 is 1.84 bits per heavy atom. The van der Waals surface area contributed by atoms with Crippen LogP contribution in [-0.4, -0.2) is 23.2 Å². The first kappa shape index (κ1) is 15.4. The van der Waals surface area contributed by atoms with E-state index >= 15 is 0 Å². The number of hydrogen-bond acceptors (Lipinski definition) is 3. The van der Waals surface area contributed by atoms with Crippen LogP contribution in [0, 0.1) is 11.6 Å². The monoisotopic (exact) mass is 272 g/mol. The number of carbonyl (C=O) groups excluding carboxylic acids is 1. The number of nitrogen functional groups attached to an aromatic ring is 1. The van der Waals surface area contributed by atoms with Crippen LogP contribution in [0.15, 0.2) is 12.1 Å². The highest BCUT2D eigenvalue weighted by atomic mass is 19.2. The highest BCUT2D eigenvalue weighted by Crippen LogP contribution is 2.18. The molecule has 0 spiro atoms. The fourth-order valence-electron chi connectivity index (χ4n) is 1.60. The molecule has 0 saturated heterocycles. The van der Waals surface area contributed by atoms with Crippen molar-refractivity contribution in [3.8, 4) is 0 Å². The molecule has 1 rings (SSSR count). The van der Waals surface area contributed by atoms with Crippen LogP contribution in [0.1, 0.15) is 37.0 Å². The van der Waals surface area contributed by atoms with E-state index in [2.05, 4.69) is 5.32 Å². The third-order valence-electron chi connectivity index (χ3n) is 3.23. The third kappa shape index (κ3) is 3.64. The molecule has 0 bridgehead atoms. The molecular weight excluding hydrogens is 254 g/mol. The van der Waals surface area contributed by atoms with Crippen molar-refractivity contribution in [1.29, 1.82) is 0 Å². The van der Waals surface area contributed by atoms with E-state index < -0.39 is 23.1 Å². The first-order valence-corrected chi connectivity index (χ1v) is 6.08. The summed E-state index contributed by atoms with van der Waals surface area (Å²) in [6.45, 7) is 3.61. The minimum absolute atomic E-state index is 0.0251. The van der Waals surface area contributed by atoms with Gasteiger partial charge in [-0.25, -0.2) is 8.78 Å². The summed E-state index contributed by atoms with van der Waals surface area (Å²) < 4.78 is 25.9. The van der Waals surface area contributed by atoms with Crippen LogP contribution in [0.2, 0.25) is 0 Å². The minimum atomic E-state index is -1.14. The van der Waals surface area contributed by atoms with Crippen molar-refractivity contribution in [3.63, 3.8) is 0 Å². The molecule has 0 heterocycles. The van der Waals surface area contributed by atoms with Crippen LogP contribution in [0.3, 0.4) is 0 Å². The molecule has 0 unspecified atom stereocenters. The lowest BCUT2D eigenvalue weighted by atomic mass is 9.97. The normalized spacial score (nSPS) is 11.4. The molecule has 0 fully saturated rings. The SMILES string of the molecule is CCC(O)(CC)CNC(=O)c1cc(F)c(F)cc1N. The summed E-state index contributed by atoms with van der Waals surface area (Å²) in [5.41, 5.74) is 4.16. The minimum Gasteiger partial charge on any atom is -0.398 e. The van der Waals surface area contributed by atoms with E-state index in [1.807, 2.05) is 0 Å². The molecule has 0 aromatic heterocycles. The summed E-state index contributed by atoms with van der Waals surface area (Å²) >= 11 is 0. The fraction of sp³-hybridized carbons (Fsp3) is 0.462. The van der Waals surface area contributed by atoms with Gasteiger partial charge in [0, 0.05) is 18.3 Å². The number of nitrogens with one attached hydrogen (secondary N) is 1. The molecule has 4 N–H and O–H groups in total. The molecule has 6 heteroatoms. The van der Waals surface area contributed by atoms with Crippen molar-refractivity contribution >= 4 is 11.6 Å². The molecule has 0 aliphatic carbocycles. The number of rotatable bonds is 5. The van der Waals surface area contributed by atoms with Crippen LogP contribution < -0.4 is 11.1 Å². The Morgan fingerprint density at radius 3 is 2.37 bits per heavy atom. The number of hydrogen-bond donors (Lipinski definition) is 3. The van der Waals surface area contributed by atoms with Gasteiger partial charge in [0.1, 0.15) is 0 Å². The number of aliphatic hydroxyl groups is 1. The molecule has 0 radical (unpaired) electrons. The first-order valence-electron chi connectivity index (χ1n) is 6.08. The third-order valence-corrected chi connectivity index (χ3v) is 3.23. The van der Waals surface area contributed by atoms with Gasteiger partial charge in [-0.15, -0.1) is 0 Å². The van der Waals surface area contributed by atoms with E-state index in [-0.39, 0.29) is 17.8 Å². The number of halogens is 2. The van der Waals surface area contributed by atoms with Crippen LogP contribution in [0.5, 0.6) is 0 Å². The quantitative estimate of drug-likeness (QED) is 0.716. The predicted molar refractivity (Wildman–Crippen MR) is 68.6 cm³/mol. The van der Waals surface area contributed by atoms with Crippen molar-refractivity contribution in [2.75, 3.05) is 12.3 Å². The average molecular weight is 272 g/mol. The Balaban J connectivity index is 2.82. The van der Waals surface area contributed by atoms with Gasteiger partial charge in [0.2, 0.25) is 0 Å². The lowest BCUT2D eigenvalue weighted by molar-refractivity contribution is 0.0314. The topological polar surface area (TPSA) is 75.3 Å². The van der Waals surface area contributed by atoms with E-state index in [0.29, 0.717) is 12.8 Å². The highest BCUT2D eigenvalue weighted by Gasteiger charge is 2.24. The van der Waals surface area contributed by atoms with Gasteiger partial charge in [-0.3, -0.25) is 4.79 Å². The Morgan fingerprint density at radius 1 is 1.32 bits per heavy atom. The summed E-state index contributed by atoms with van der Waals surface area (Å²) in [5, 5.41) is 12.5. The lowest BCUT2D eigenvalue weighted by Crippen LogP contribution is -2.42. The average Bonchev–Trinajstić information content (AvgIpc) is 2.39. The Hall–Kier alpha value is -1.69. The molecule has 0 aliphatic heterocycles. The number of amides is 1. The van der Waals surface area contributed by atoms with Crippen molar-refractivity contribution in [3.05, 3.63) is 29.3 Å². The summed E-state index contributed by atoms with van der Waals surface area (Å²) in [5.74, 6) is -2.88. The largest absolute Gasteiger partial charge is 0.398 e. The maximum atomic E-state index is 13.1. The number of carbonyl (C=O) groups is 1. The highest BCUT2D eigenvalue weighted by molar-refractivity contribution is 5.99. The second kappa shape index (κ2) is 5.97. The Bertz CT molecular complexity index is 474. The standard InChI is InChI=1S/C13H18F2N2O2/c1-3-13(19,4-2)7-17-12(18)8-5-9(14)10(15)6-11(8)16/h5-6,19H,3-4,7,16H2,1-2H3,(H,17,18). The van der Waals surface area contributed by atoms with Gasteiger partial charge < -0.3 is 16.2 Å². The number of benzene rings is 1. The van der Waals surface area contributed by atoms with Crippen LogP contribution in [0.25, 0.3) is 0 Å². The van der Waals surface area contributed by atoms with Crippen LogP contribution in [-0.2, 0) is 0 Å². The second-order valence-electron chi connectivity index (χ2n) is 4.47. The van der Waals surface area contributed by atoms with Gasteiger partial charge in [-0.2, -0.15) is 0 Å². The van der Waals surface area contributed by atoms with Crippen molar-refractivity contribution in [2.24, 2.45) is 0 Å². The molecule has 1 amide bonds. The van der Waals surface area contributed by atoms with E-state index in [4.69, 9.17) is 5.73 Å². The summed E-state index contributed by atoms with van der Waals surface area (Å²) in [7, 11) is 0. The molecule has 1 aromatic rings. The molecule has 0 saturated carbocycles. The summed E-state index contributed by atoms with van der Waals surface area (Å²) in [6.07, 6.45) is 0.939. The number of nitrogens with two attached hydrogens (primary N) is 1. The molecule has 19 heavy (non-hydrogen) atoms. The molecule has 0 aliphatic rings. The van der Waals surface area contributed by atoms with Gasteiger partial charge in [-0.1, -0.05) is 13.8 Å². The van der Waals surface area contributed by atoms with Gasteiger partial charge in [0.15, 0.2) is 11.6 Å². The van der Waals surface area contributed by atoms with Crippen molar-refractivity contribution in [2.45, 2.75) is 32.3 Å². The molecule has 4 nitrogen and oxygen atoms in total. The van der Waals surface area contributed by atoms with Gasteiger partial charge in [0.25, 0.3) is 5.91 Å². The second-order valence-corrected chi connectivity index (χ2v) is 4.47. The van der Waals surface area contributed by atoms with Crippen molar-refractivity contribution in [1.82, 2.24) is 5.32 Å². The molecule has 106 valence electrons. The van der Waals surface area contributed by atoms with E-state index in [1.54, 1.807) is 13.8 Å². The molecule has 0 atom stereocenters. The fourth-order valence-corrected chi connectivity index (χ4v) is 1.60. The van der Waals surface area contributed by atoms with E-state index in [0.717, 1.165) is 12.1 Å². The van der Waals surface area contributed by atoms with Crippen molar-refractivity contribution < 1.29 is 18.7 Å². The van der Waals surface area contributed by atoms with Crippen LogP contribution in [0.4, 0.5) is 14.5 Å². The van der Waals surface area contributed by atoms with Crippen LogP contribution >= 0.6 is 0 Å². The maximum absolute atomic E-state index is 13.1. The van der Waals surface area contributed by atoms with Gasteiger partial charge in [0.05, 0.1) is 11.2 Å².